The minimum absolute atomic E-state index is 0.156. The summed E-state index contributed by atoms with van der Waals surface area (Å²) in [5, 5.41) is 3.21. The molecule has 1 aliphatic rings. The van der Waals surface area contributed by atoms with Gasteiger partial charge in [0.15, 0.2) is 0 Å². The molecule has 0 aromatic heterocycles. The maximum absolute atomic E-state index is 12.2. The molecule has 0 atom stereocenters. The number of benzene rings is 1. The van der Waals surface area contributed by atoms with Crippen LogP contribution in [0.25, 0.3) is 0 Å². The SMILES string of the molecule is CCOc1ccc(CCC(=O)NC2CCCCCCC2)cc1N. The van der Waals surface area contributed by atoms with E-state index < -0.39 is 0 Å². The molecule has 1 aromatic carbocycles. The summed E-state index contributed by atoms with van der Waals surface area (Å²) in [5.41, 5.74) is 7.70. The van der Waals surface area contributed by atoms with Crippen molar-refractivity contribution in [3.63, 3.8) is 0 Å². The molecular weight excluding hydrogens is 288 g/mol. The largest absolute Gasteiger partial charge is 0.492 e. The van der Waals surface area contributed by atoms with E-state index in [1.165, 1.54) is 32.1 Å². The molecule has 1 aromatic rings. The van der Waals surface area contributed by atoms with Gasteiger partial charge in [-0.25, -0.2) is 0 Å². The second kappa shape index (κ2) is 9.43. The summed E-state index contributed by atoms with van der Waals surface area (Å²) in [5.74, 6) is 0.873. The maximum atomic E-state index is 12.2. The minimum Gasteiger partial charge on any atom is -0.492 e. The van der Waals surface area contributed by atoms with Gasteiger partial charge in [0, 0.05) is 12.5 Å². The second-order valence-corrected chi connectivity index (χ2v) is 6.41. The van der Waals surface area contributed by atoms with Crippen LogP contribution in [-0.4, -0.2) is 18.6 Å². The third-order valence-electron chi connectivity index (χ3n) is 4.49. The van der Waals surface area contributed by atoms with Gasteiger partial charge in [-0.2, -0.15) is 0 Å². The third kappa shape index (κ3) is 6.12. The number of nitrogens with one attached hydrogen (secondary N) is 1. The molecule has 0 bridgehead atoms. The molecule has 0 radical (unpaired) electrons. The Balaban J connectivity index is 1.78. The van der Waals surface area contributed by atoms with Crippen LogP contribution >= 0.6 is 0 Å². The minimum atomic E-state index is 0.156. The number of carbonyl (C=O) groups is 1. The van der Waals surface area contributed by atoms with Crippen molar-refractivity contribution < 1.29 is 9.53 Å². The predicted molar refractivity (Wildman–Crippen MR) is 94.6 cm³/mol. The highest BCUT2D eigenvalue weighted by Crippen LogP contribution is 2.23. The number of aryl methyl sites for hydroxylation is 1. The standard InChI is InChI=1S/C19H30N2O2/c1-2-23-18-12-10-15(14-17(18)20)11-13-19(22)21-16-8-6-4-3-5-7-9-16/h10,12,14,16H,2-9,11,13,20H2,1H3,(H,21,22). The number of rotatable bonds is 6. The van der Waals surface area contributed by atoms with Crippen molar-refractivity contribution >= 4 is 11.6 Å². The lowest BCUT2D eigenvalue weighted by Crippen LogP contribution is -2.35. The Labute approximate surface area is 139 Å². The fourth-order valence-electron chi connectivity index (χ4n) is 3.20. The fraction of sp³-hybridized carbons (Fsp3) is 0.632. The van der Waals surface area contributed by atoms with Gasteiger partial charge in [-0.05, 0) is 43.9 Å². The Bertz CT molecular complexity index is 494. The number of amides is 1. The smallest absolute Gasteiger partial charge is 0.220 e. The summed E-state index contributed by atoms with van der Waals surface area (Å²) in [6.45, 7) is 2.54. The van der Waals surface area contributed by atoms with Gasteiger partial charge in [-0.1, -0.05) is 38.2 Å². The Hall–Kier alpha value is -1.71. The lowest BCUT2D eigenvalue weighted by atomic mass is 9.96. The van der Waals surface area contributed by atoms with Crippen molar-refractivity contribution in [2.45, 2.75) is 70.8 Å². The number of anilines is 1. The number of ether oxygens (including phenoxy) is 1. The molecular formula is C19H30N2O2. The van der Waals surface area contributed by atoms with Gasteiger partial charge in [0.25, 0.3) is 0 Å². The quantitative estimate of drug-likeness (QED) is 0.784. The summed E-state index contributed by atoms with van der Waals surface area (Å²) in [6, 6.07) is 6.16. The van der Waals surface area contributed by atoms with E-state index in [4.69, 9.17) is 10.5 Å². The van der Waals surface area contributed by atoms with Crippen molar-refractivity contribution in [1.29, 1.82) is 0 Å². The Kier molecular flexibility index (Phi) is 7.24. The zero-order valence-corrected chi connectivity index (χ0v) is 14.3. The molecule has 23 heavy (non-hydrogen) atoms. The van der Waals surface area contributed by atoms with Crippen LogP contribution in [-0.2, 0) is 11.2 Å². The number of hydrogen-bond acceptors (Lipinski definition) is 3. The summed E-state index contributed by atoms with van der Waals surface area (Å²) in [7, 11) is 0. The molecule has 4 heteroatoms. The number of hydrogen-bond donors (Lipinski definition) is 2. The molecule has 0 unspecified atom stereocenters. The van der Waals surface area contributed by atoms with Gasteiger partial charge < -0.3 is 15.8 Å². The third-order valence-corrected chi connectivity index (χ3v) is 4.49. The highest BCUT2D eigenvalue weighted by atomic mass is 16.5. The Morgan fingerprint density at radius 1 is 1.22 bits per heavy atom. The molecule has 0 aliphatic heterocycles. The van der Waals surface area contributed by atoms with E-state index in [0.717, 1.165) is 30.6 Å². The molecule has 1 amide bonds. The molecule has 1 aliphatic carbocycles. The van der Waals surface area contributed by atoms with Crippen LogP contribution in [0.4, 0.5) is 5.69 Å². The molecule has 0 heterocycles. The molecule has 1 fully saturated rings. The lowest BCUT2D eigenvalue weighted by Gasteiger charge is -2.21. The summed E-state index contributed by atoms with van der Waals surface area (Å²) in [4.78, 5) is 12.2. The lowest BCUT2D eigenvalue weighted by molar-refractivity contribution is -0.121. The van der Waals surface area contributed by atoms with E-state index in [0.29, 0.717) is 24.8 Å². The average Bonchev–Trinajstić information content (AvgIpc) is 2.50. The van der Waals surface area contributed by atoms with E-state index in [2.05, 4.69) is 5.32 Å². The Morgan fingerprint density at radius 3 is 2.57 bits per heavy atom. The molecule has 128 valence electrons. The molecule has 0 saturated heterocycles. The molecule has 2 rings (SSSR count). The monoisotopic (exact) mass is 318 g/mol. The van der Waals surface area contributed by atoms with E-state index in [-0.39, 0.29) is 5.91 Å². The summed E-state index contributed by atoms with van der Waals surface area (Å²) < 4.78 is 5.44. The predicted octanol–water partition coefficient (Wildman–Crippen LogP) is 3.83. The normalized spacial score (nSPS) is 16.4. The van der Waals surface area contributed by atoms with Gasteiger partial charge in [-0.15, -0.1) is 0 Å². The van der Waals surface area contributed by atoms with Gasteiger partial charge >= 0.3 is 0 Å². The first-order valence-electron chi connectivity index (χ1n) is 8.99. The van der Waals surface area contributed by atoms with Crippen molar-refractivity contribution in [1.82, 2.24) is 5.32 Å². The highest BCUT2D eigenvalue weighted by Gasteiger charge is 2.14. The van der Waals surface area contributed by atoms with Crippen LogP contribution in [0.2, 0.25) is 0 Å². The zero-order chi connectivity index (χ0) is 16.5. The maximum Gasteiger partial charge on any atom is 0.220 e. The number of nitrogen functional groups attached to an aromatic ring is 1. The van der Waals surface area contributed by atoms with Crippen LogP contribution in [0, 0.1) is 0 Å². The molecule has 4 nitrogen and oxygen atoms in total. The first kappa shape index (κ1) is 17.6. The van der Waals surface area contributed by atoms with Crippen molar-refractivity contribution in [2.75, 3.05) is 12.3 Å². The topological polar surface area (TPSA) is 64.3 Å². The van der Waals surface area contributed by atoms with Crippen molar-refractivity contribution in [3.8, 4) is 5.75 Å². The average molecular weight is 318 g/mol. The molecule has 0 spiro atoms. The van der Waals surface area contributed by atoms with E-state index in [1.54, 1.807) is 0 Å². The van der Waals surface area contributed by atoms with Crippen LogP contribution in [0.15, 0.2) is 18.2 Å². The van der Waals surface area contributed by atoms with Crippen molar-refractivity contribution in [3.05, 3.63) is 23.8 Å². The molecule has 1 saturated carbocycles. The van der Waals surface area contributed by atoms with Crippen LogP contribution < -0.4 is 15.8 Å². The summed E-state index contributed by atoms with van der Waals surface area (Å²) in [6.07, 6.45) is 9.92. The second-order valence-electron chi connectivity index (χ2n) is 6.41. The van der Waals surface area contributed by atoms with Crippen LogP contribution in [0.5, 0.6) is 5.75 Å². The Morgan fingerprint density at radius 2 is 1.91 bits per heavy atom. The first-order valence-corrected chi connectivity index (χ1v) is 8.99. The first-order chi connectivity index (χ1) is 11.2. The number of carbonyl (C=O) groups excluding carboxylic acids is 1. The van der Waals surface area contributed by atoms with Gasteiger partial charge in [0.1, 0.15) is 5.75 Å². The highest BCUT2D eigenvalue weighted by molar-refractivity contribution is 5.76. The van der Waals surface area contributed by atoms with Crippen LogP contribution in [0.1, 0.15) is 63.9 Å². The van der Waals surface area contributed by atoms with E-state index in [1.807, 2.05) is 25.1 Å². The zero-order valence-electron chi connectivity index (χ0n) is 14.3. The van der Waals surface area contributed by atoms with E-state index >= 15 is 0 Å². The number of nitrogens with two attached hydrogens (primary N) is 1. The van der Waals surface area contributed by atoms with Gasteiger partial charge in [-0.3, -0.25) is 4.79 Å². The summed E-state index contributed by atoms with van der Waals surface area (Å²) >= 11 is 0. The van der Waals surface area contributed by atoms with Crippen molar-refractivity contribution in [2.24, 2.45) is 0 Å². The fourth-order valence-corrected chi connectivity index (χ4v) is 3.20. The van der Waals surface area contributed by atoms with E-state index in [9.17, 15) is 4.79 Å². The molecule has 3 N–H and O–H groups in total. The van der Waals surface area contributed by atoms with Gasteiger partial charge in [0.2, 0.25) is 5.91 Å². The van der Waals surface area contributed by atoms with Gasteiger partial charge in [0.05, 0.1) is 12.3 Å². The van der Waals surface area contributed by atoms with Crippen LogP contribution in [0.3, 0.4) is 0 Å².